The van der Waals surface area contributed by atoms with Crippen molar-refractivity contribution in [1.82, 2.24) is 19.9 Å². The highest BCUT2D eigenvalue weighted by atomic mass is 16.4. The van der Waals surface area contributed by atoms with Crippen LogP contribution >= 0.6 is 0 Å². The molecule has 0 aliphatic heterocycles. The van der Waals surface area contributed by atoms with Crippen LogP contribution in [0.2, 0.25) is 0 Å². The monoisotopic (exact) mass is 1600 g/mol. The summed E-state index contributed by atoms with van der Waals surface area (Å²) < 4.78 is 135. The van der Waals surface area contributed by atoms with Crippen molar-refractivity contribution < 1.29 is 52.4 Å². The van der Waals surface area contributed by atoms with Crippen molar-refractivity contribution in [2.24, 2.45) is 45.9 Å². The average molecular weight is 1600 g/mol. The third kappa shape index (κ3) is 14.4. The van der Waals surface area contributed by atoms with Crippen LogP contribution in [-0.4, -0.2) is 19.9 Å². The summed E-state index contributed by atoms with van der Waals surface area (Å²) in [6.07, 6.45) is 18.5. The molecule has 0 spiro atoms. The van der Waals surface area contributed by atoms with Crippen LogP contribution in [0.4, 0.5) is 0 Å². The van der Waals surface area contributed by atoms with Gasteiger partial charge in [0.25, 0.3) is 0 Å². The Balaban J connectivity index is 0.000000114. The van der Waals surface area contributed by atoms with E-state index in [1.165, 1.54) is 6.42 Å². The maximum absolute atomic E-state index is 9.01. The first-order valence-corrected chi connectivity index (χ1v) is 42.3. The molecule has 12 heterocycles. The van der Waals surface area contributed by atoms with E-state index in [9.17, 15) is 0 Å². The Bertz CT molecular complexity index is 8090. The predicted molar refractivity (Wildman–Crippen MR) is 495 cm³/mol. The van der Waals surface area contributed by atoms with Crippen molar-refractivity contribution in [3.63, 3.8) is 0 Å². The van der Waals surface area contributed by atoms with Gasteiger partial charge in [-0.3, -0.25) is 0 Å². The van der Waals surface area contributed by atoms with Gasteiger partial charge < -0.3 is 17.7 Å². The van der Waals surface area contributed by atoms with Gasteiger partial charge in [0.05, 0.1) is 43.8 Å². The van der Waals surface area contributed by atoms with E-state index in [1.54, 1.807) is 30.8 Å². The van der Waals surface area contributed by atoms with E-state index in [4.69, 9.17) is 34.1 Å². The lowest BCUT2D eigenvalue weighted by Crippen LogP contribution is -2.31. The molecule has 602 valence electrons. The lowest BCUT2D eigenvalue weighted by Gasteiger charge is -2.21. The van der Waals surface area contributed by atoms with Crippen LogP contribution in [0.25, 0.3) is 176 Å². The van der Waals surface area contributed by atoms with Crippen molar-refractivity contribution in [2.45, 2.75) is 146 Å². The highest BCUT2D eigenvalue weighted by Crippen LogP contribution is 2.46. The van der Waals surface area contributed by atoms with Gasteiger partial charge in [0, 0.05) is 132 Å². The Hall–Kier alpha value is -12.8. The standard InChI is InChI=1S/C29H29N2O.C28H27N2O.2C26H25N2O/c1-19-12-13-24-27-23-11-7-6-10-22(23)18-30-29(27)32-28(24)26(19)25-17-21(14-15-31(25)2)16-20-8-4-3-5-9-20;1-18-11-12-23-26-22-10-6-5-9-21(22)17-29-28(26)31-27(23)25(18)24-16-20(13-14-30(24)2)15-19-7-3-4-8-19;1-14-12-21(28(6)13-17(14)4)22-15(2)11-16(3)23-24-20-10-8-7-9-19(20)18(5)27-26(24)29-25(22)23;1-16(2)13-18-11-12-28(4)22(14-18)23-17(3)9-10-21-24-20-8-6-5-7-19(20)15-27-26(24)29-25(21)23/h6-7,10-15,17-18,20H,3-5,8-9,16H2,1-2H3;5-6,9-14,16-17,19H,3-4,7-8,15H2,1-2H3;7-13H,1-6H3;5-12,14-16H,13H2,1-4H3/q4*+1/i16D2;15D2;3D3,4D3;13D2. The summed E-state index contributed by atoms with van der Waals surface area (Å²) in [7, 11) is 7.80. The van der Waals surface area contributed by atoms with E-state index >= 15 is 0 Å². The first-order chi connectivity index (χ1) is 63.5. The number of pyridine rings is 8. The summed E-state index contributed by atoms with van der Waals surface area (Å²) in [5, 5.41) is 15.8. The Morgan fingerprint density at radius 3 is 1.19 bits per heavy atom. The van der Waals surface area contributed by atoms with Gasteiger partial charge in [0.2, 0.25) is 45.6 Å². The molecule has 8 aromatic carbocycles. The second kappa shape index (κ2) is 32.1. The first kappa shape index (κ1) is 65.1. The van der Waals surface area contributed by atoms with Crippen LogP contribution in [-0.2, 0) is 47.3 Å². The van der Waals surface area contributed by atoms with Crippen LogP contribution in [0.5, 0.6) is 0 Å². The molecule has 22 rings (SSSR count). The van der Waals surface area contributed by atoms with Gasteiger partial charge in [-0.15, -0.1) is 0 Å². The fraction of sp³-hybridized carbons (Fsp3) is 0.266. The third-order valence-electron chi connectivity index (χ3n) is 24.9. The predicted octanol–water partition coefficient (Wildman–Crippen LogP) is 26.0. The third-order valence-corrected chi connectivity index (χ3v) is 24.9. The molecule has 2 aliphatic carbocycles. The molecular formula is C109H106N8O4+4. The zero-order valence-corrected chi connectivity index (χ0v) is 70.7. The Kier molecular flexibility index (Phi) is 17.2. The molecule has 0 unspecified atom stereocenters. The van der Waals surface area contributed by atoms with E-state index in [0.717, 1.165) is 228 Å². The molecule has 0 bridgehead atoms. The lowest BCUT2D eigenvalue weighted by molar-refractivity contribution is -0.660. The number of rotatable bonds is 10. The number of hydrogen-bond donors (Lipinski definition) is 0. The van der Waals surface area contributed by atoms with Crippen molar-refractivity contribution in [2.75, 3.05) is 0 Å². The Morgan fingerprint density at radius 1 is 0.355 bits per heavy atom. The molecule has 2 aliphatic rings. The molecule has 12 heteroatoms. The van der Waals surface area contributed by atoms with Crippen molar-refractivity contribution >= 4 is 131 Å². The number of hydrogen-bond acceptors (Lipinski definition) is 8. The molecule has 12 aromatic heterocycles. The zero-order valence-electron chi connectivity index (χ0n) is 82.7. The van der Waals surface area contributed by atoms with E-state index in [2.05, 4.69) is 123 Å². The molecule has 2 fully saturated rings. The van der Waals surface area contributed by atoms with Crippen molar-refractivity contribution in [1.29, 1.82) is 0 Å². The van der Waals surface area contributed by atoms with Crippen molar-refractivity contribution in [3.05, 3.63) is 287 Å². The minimum atomic E-state index is -2.37. The van der Waals surface area contributed by atoms with Crippen LogP contribution < -0.4 is 18.3 Å². The minimum Gasteiger partial charge on any atom is -0.437 e. The lowest BCUT2D eigenvalue weighted by atomic mass is 9.85. The second-order valence-electron chi connectivity index (χ2n) is 33.6. The number of fused-ring (bicyclic) bond motifs is 20. The van der Waals surface area contributed by atoms with E-state index in [1.807, 2.05) is 194 Å². The SMILES string of the molecule is [2H]C([2H])([2H])c1c[n+](C)c(-c2c(C)cc(C([2H])([2H])[2H])c3c2oc2nc(C)c4ccccc4c23)cc1C.[2H]C([2H])(c1cc[n+](C)c(-c2c(C)ccc3c2oc2ncc4ccccc4c23)c1)C(C)C.[2H]C([2H])(c1cc[n+](C)c(-c2c(C)ccc3c2oc2ncc4ccccc4c23)c1)C1CCCC1.[2H]C([2H])(c1cc[n+](C)c(-c2c(C)ccc3c2oc2ncc4ccccc4c23)c1)C1CCCCC1. The molecule has 20 aromatic rings. The van der Waals surface area contributed by atoms with Gasteiger partial charge in [0.15, 0.2) is 47.1 Å². The number of furan rings is 4. The Labute approximate surface area is 723 Å². The molecule has 121 heavy (non-hydrogen) atoms. The summed E-state index contributed by atoms with van der Waals surface area (Å²) in [6, 6.07) is 60.5. The normalized spacial score (nSPS) is 15.5. The molecule has 2 saturated carbocycles. The van der Waals surface area contributed by atoms with Crippen LogP contribution in [0.3, 0.4) is 0 Å². The van der Waals surface area contributed by atoms with Crippen LogP contribution in [0, 0.1) is 73.0 Å². The van der Waals surface area contributed by atoms with E-state index in [0.29, 0.717) is 50.3 Å². The largest absolute Gasteiger partial charge is 0.437 e. The Morgan fingerprint density at radius 2 is 0.744 bits per heavy atom. The van der Waals surface area contributed by atoms with Gasteiger partial charge >= 0.3 is 0 Å². The molecular weight excluding hydrogens is 1490 g/mol. The molecule has 12 nitrogen and oxygen atoms in total. The second-order valence-corrected chi connectivity index (χ2v) is 33.6. The minimum absolute atomic E-state index is 0.0699. The highest BCUT2D eigenvalue weighted by molar-refractivity contribution is 6.24. The smallest absolute Gasteiger partial charge is 0.228 e. The first-order valence-electron chi connectivity index (χ1n) is 48.3. The summed E-state index contributed by atoms with van der Waals surface area (Å²) in [6.45, 7) is 11.0. The molecule has 0 radical (unpaired) electrons. The number of aryl methyl sites for hydroxylation is 12. The summed E-state index contributed by atoms with van der Waals surface area (Å²) in [4.78, 5) is 18.5. The van der Waals surface area contributed by atoms with Crippen LogP contribution in [0.15, 0.2) is 243 Å². The van der Waals surface area contributed by atoms with Crippen LogP contribution in [0.1, 0.15) is 149 Å². The fourth-order valence-electron chi connectivity index (χ4n) is 18.8. The van der Waals surface area contributed by atoms with Gasteiger partial charge in [-0.25, -0.2) is 38.2 Å². The van der Waals surface area contributed by atoms with Gasteiger partial charge in [0.1, 0.15) is 28.2 Å². The maximum atomic E-state index is 9.01. The fourth-order valence-corrected chi connectivity index (χ4v) is 18.8. The molecule has 0 N–H and O–H groups in total. The molecule has 0 atom stereocenters. The maximum Gasteiger partial charge on any atom is 0.228 e. The number of nitrogens with zero attached hydrogens (tertiary/aromatic N) is 8. The molecule has 0 amide bonds. The van der Waals surface area contributed by atoms with E-state index < -0.39 is 32.8 Å². The number of aromatic nitrogens is 8. The van der Waals surface area contributed by atoms with Crippen molar-refractivity contribution in [3.8, 4) is 45.0 Å². The topological polar surface area (TPSA) is 120 Å². The summed E-state index contributed by atoms with van der Waals surface area (Å²) >= 11 is 0. The quantitative estimate of drug-likeness (QED) is 0.124. The van der Waals surface area contributed by atoms with Gasteiger partial charge in [-0.1, -0.05) is 211 Å². The number of benzene rings is 8. The summed E-state index contributed by atoms with van der Waals surface area (Å²) in [5.74, 6) is 0.0175. The van der Waals surface area contributed by atoms with Gasteiger partial charge in [-0.2, -0.15) is 0 Å². The zero-order chi connectivity index (χ0) is 93.6. The average Bonchev–Trinajstić information content (AvgIpc) is 1.57. The van der Waals surface area contributed by atoms with E-state index in [-0.39, 0.29) is 28.9 Å². The van der Waals surface area contributed by atoms with Gasteiger partial charge in [-0.05, 0) is 164 Å². The molecule has 0 saturated heterocycles. The summed E-state index contributed by atoms with van der Waals surface area (Å²) in [5.41, 5.74) is 20.5. The highest BCUT2D eigenvalue weighted by Gasteiger charge is 2.30.